The van der Waals surface area contributed by atoms with Gasteiger partial charge in [-0.1, -0.05) is 23.7 Å². The Morgan fingerprint density at radius 2 is 1.74 bits per heavy atom. The number of carbonyl (C=O) groups is 1. The van der Waals surface area contributed by atoms with Gasteiger partial charge in [0, 0.05) is 5.56 Å². The van der Waals surface area contributed by atoms with E-state index in [1.807, 2.05) is 6.92 Å². The Kier molecular flexibility index (Phi) is 8.70. The number of rotatable bonds is 10. The van der Waals surface area contributed by atoms with Crippen LogP contribution in [-0.2, 0) is 6.61 Å². The summed E-state index contributed by atoms with van der Waals surface area (Å²) in [4.78, 5) is 12.4. The van der Waals surface area contributed by atoms with Gasteiger partial charge in [0.05, 0.1) is 32.1 Å². The third-order valence-electron chi connectivity index (χ3n) is 4.65. The van der Waals surface area contributed by atoms with Crippen molar-refractivity contribution in [1.82, 2.24) is 5.43 Å². The number of amides is 1. The van der Waals surface area contributed by atoms with Crippen LogP contribution in [0.1, 0.15) is 28.4 Å². The predicted octanol–water partition coefficient (Wildman–Crippen LogP) is 5.24. The van der Waals surface area contributed by atoms with Gasteiger partial charge in [0.25, 0.3) is 5.91 Å². The summed E-state index contributed by atoms with van der Waals surface area (Å²) in [6.45, 7) is 2.41. The fourth-order valence-electron chi connectivity index (χ4n) is 3.01. The highest BCUT2D eigenvalue weighted by atomic mass is 35.5. The second-order valence-electron chi connectivity index (χ2n) is 6.95. The zero-order chi connectivity index (χ0) is 24.5. The van der Waals surface area contributed by atoms with E-state index in [1.165, 1.54) is 32.6 Å². The van der Waals surface area contributed by atoms with Gasteiger partial charge >= 0.3 is 0 Å². The van der Waals surface area contributed by atoms with Crippen molar-refractivity contribution in [2.75, 3.05) is 20.8 Å². The standard InChI is InChI=1S/C25H24ClFN2O5/c1-4-33-23-12-17(11-20(26)24(23)34-15-16-5-8-19(27)9-6-16)14-28-29-25(30)18-7-10-21(31-2)22(13-18)32-3/h5-14H,4,15H2,1-3H3,(H,29,30)/b28-14+. The predicted molar refractivity (Wildman–Crippen MR) is 128 cm³/mol. The van der Waals surface area contributed by atoms with Crippen molar-refractivity contribution >= 4 is 23.7 Å². The smallest absolute Gasteiger partial charge is 0.271 e. The van der Waals surface area contributed by atoms with E-state index in [9.17, 15) is 9.18 Å². The largest absolute Gasteiger partial charge is 0.493 e. The van der Waals surface area contributed by atoms with Crippen molar-refractivity contribution in [1.29, 1.82) is 0 Å². The van der Waals surface area contributed by atoms with Crippen molar-refractivity contribution in [2.24, 2.45) is 5.10 Å². The summed E-state index contributed by atoms with van der Waals surface area (Å²) in [6, 6.07) is 14.1. The van der Waals surface area contributed by atoms with Crippen LogP contribution in [-0.4, -0.2) is 32.9 Å². The van der Waals surface area contributed by atoms with Gasteiger partial charge in [-0.05, 0) is 60.5 Å². The SMILES string of the molecule is CCOc1cc(/C=N/NC(=O)c2ccc(OC)c(OC)c2)cc(Cl)c1OCc1ccc(F)cc1. The molecule has 0 atom stereocenters. The molecule has 0 heterocycles. The molecule has 0 radical (unpaired) electrons. The fraction of sp³-hybridized carbons (Fsp3) is 0.200. The van der Waals surface area contributed by atoms with Crippen LogP contribution in [0.2, 0.25) is 5.02 Å². The van der Waals surface area contributed by atoms with E-state index in [-0.39, 0.29) is 12.4 Å². The lowest BCUT2D eigenvalue weighted by atomic mass is 10.2. The molecule has 0 aliphatic heterocycles. The Hall–Kier alpha value is -3.78. The van der Waals surface area contributed by atoms with Crippen LogP contribution >= 0.6 is 11.6 Å². The number of benzene rings is 3. The number of carbonyl (C=O) groups excluding carboxylic acids is 1. The zero-order valence-electron chi connectivity index (χ0n) is 18.9. The minimum atomic E-state index is -0.424. The molecule has 0 spiro atoms. The summed E-state index contributed by atoms with van der Waals surface area (Å²) in [5.41, 5.74) is 4.19. The highest BCUT2D eigenvalue weighted by Gasteiger charge is 2.13. The normalized spacial score (nSPS) is 10.7. The molecule has 0 aliphatic rings. The molecule has 0 aliphatic carbocycles. The molecule has 0 bridgehead atoms. The number of nitrogens with one attached hydrogen (secondary N) is 1. The summed E-state index contributed by atoms with van der Waals surface area (Å²) in [5, 5.41) is 4.31. The molecule has 3 aromatic carbocycles. The molecule has 1 amide bonds. The fourth-order valence-corrected chi connectivity index (χ4v) is 3.28. The van der Waals surface area contributed by atoms with Crippen LogP contribution in [0.15, 0.2) is 59.7 Å². The highest BCUT2D eigenvalue weighted by molar-refractivity contribution is 6.32. The van der Waals surface area contributed by atoms with Crippen LogP contribution in [0.4, 0.5) is 4.39 Å². The summed E-state index contributed by atoms with van der Waals surface area (Å²) < 4.78 is 35.0. The maximum Gasteiger partial charge on any atom is 0.271 e. The Morgan fingerprint density at radius 3 is 2.41 bits per heavy atom. The number of ether oxygens (including phenoxy) is 4. The van der Waals surface area contributed by atoms with Crippen LogP contribution in [0, 0.1) is 5.82 Å². The van der Waals surface area contributed by atoms with Crippen LogP contribution in [0.3, 0.4) is 0 Å². The molecule has 7 nitrogen and oxygen atoms in total. The summed E-state index contributed by atoms with van der Waals surface area (Å²) >= 11 is 6.42. The minimum absolute atomic E-state index is 0.189. The van der Waals surface area contributed by atoms with E-state index in [0.29, 0.717) is 45.8 Å². The number of nitrogens with zero attached hydrogens (tertiary/aromatic N) is 1. The monoisotopic (exact) mass is 486 g/mol. The molecule has 34 heavy (non-hydrogen) atoms. The summed E-state index contributed by atoms with van der Waals surface area (Å²) in [5.74, 6) is 0.987. The molecule has 3 rings (SSSR count). The molecule has 9 heteroatoms. The number of hydrogen-bond acceptors (Lipinski definition) is 6. The first-order valence-corrected chi connectivity index (χ1v) is 10.7. The van der Waals surface area contributed by atoms with Gasteiger partial charge in [0.2, 0.25) is 0 Å². The number of hydrogen-bond donors (Lipinski definition) is 1. The van der Waals surface area contributed by atoms with Crippen molar-refractivity contribution in [2.45, 2.75) is 13.5 Å². The van der Waals surface area contributed by atoms with E-state index >= 15 is 0 Å². The van der Waals surface area contributed by atoms with Gasteiger partial charge < -0.3 is 18.9 Å². The molecule has 0 saturated carbocycles. The van der Waals surface area contributed by atoms with E-state index in [4.69, 9.17) is 30.5 Å². The van der Waals surface area contributed by atoms with E-state index < -0.39 is 5.91 Å². The zero-order valence-corrected chi connectivity index (χ0v) is 19.7. The molecule has 3 aromatic rings. The van der Waals surface area contributed by atoms with Gasteiger partial charge in [0.15, 0.2) is 23.0 Å². The second kappa shape index (κ2) is 11.9. The van der Waals surface area contributed by atoms with Crippen molar-refractivity contribution in [3.8, 4) is 23.0 Å². The lowest BCUT2D eigenvalue weighted by Crippen LogP contribution is -2.17. The first kappa shape index (κ1) is 24.9. The van der Waals surface area contributed by atoms with Crippen molar-refractivity contribution in [3.05, 3.63) is 82.1 Å². The first-order valence-electron chi connectivity index (χ1n) is 10.3. The molecule has 0 unspecified atom stereocenters. The topological polar surface area (TPSA) is 78.4 Å². The third-order valence-corrected chi connectivity index (χ3v) is 4.93. The molecule has 1 N–H and O–H groups in total. The Morgan fingerprint density at radius 1 is 1.00 bits per heavy atom. The van der Waals surface area contributed by atoms with E-state index in [2.05, 4.69) is 10.5 Å². The van der Waals surface area contributed by atoms with Gasteiger partial charge in [-0.15, -0.1) is 0 Å². The molecular formula is C25H24ClFN2O5. The summed E-state index contributed by atoms with van der Waals surface area (Å²) in [7, 11) is 3.01. The van der Waals surface area contributed by atoms with Crippen LogP contribution in [0.25, 0.3) is 0 Å². The number of hydrazone groups is 1. The van der Waals surface area contributed by atoms with E-state index in [0.717, 1.165) is 5.56 Å². The lowest BCUT2D eigenvalue weighted by molar-refractivity contribution is 0.0954. The average Bonchev–Trinajstić information content (AvgIpc) is 2.84. The van der Waals surface area contributed by atoms with Crippen molar-refractivity contribution in [3.63, 3.8) is 0 Å². The maximum absolute atomic E-state index is 13.1. The number of methoxy groups -OCH3 is 2. The average molecular weight is 487 g/mol. The second-order valence-corrected chi connectivity index (χ2v) is 7.35. The Bertz CT molecular complexity index is 1170. The Balaban J connectivity index is 1.71. The molecule has 178 valence electrons. The number of halogens is 2. The van der Waals surface area contributed by atoms with Gasteiger partial charge in [-0.25, -0.2) is 9.82 Å². The highest BCUT2D eigenvalue weighted by Crippen LogP contribution is 2.37. The van der Waals surface area contributed by atoms with Crippen LogP contribution < -0.4 is 24.4 Å². The minimum Gasteiger partial charge on any atom is -0.493 e. The Labute approximate surface area is 202 Å². The molecule has 0 fully saturated rings. The molecule has 0 saturated heterocycles. The quantitative estimate of drug-likeness (QED) is 0.313. The van der Waals surface area contributed by atoms with Crippen LogP contribution in [0.5, 0.6) is 23.0 Å². The maximum atomic E-state index is 13.1. The van der Waals surface area contributed by atoms with Gasteiger partial charge in [-0.3, -0.25) is 4.79 Å². The third kappa shape index (κ3) is 6.39. The molecular weight excluding hydrogens is 463 g/mol. The van der Waals surface area contributed by atoms with Gasteiger partial charge in [-0.2, -0.15) is 5.10 Å². The first-order chi connectivity index (χ1) is 16.4. The molecule has 0 aromatic heterocycles. The van der Waals surface area contributed by atoms with E-state index in [1.54, 1.807) is 42.5 Å². The van der Waals surface area contributed by atoms with Gasteiger partial charge in [0.1, 0.15) is 12.4 Å². The van der Waals surface area contributed by atoms with Crippen molar-refractivity contribution < 1.29 is 28.1 Å². The lowest BCUT2D eigenvalue weighted by Gasteiger charge is -2.14. The summed E-state index contributed by atoms with van der Waals surface area (Å²) in [6.07, 6.45) is 1.44.